The number of aromatic nitrogens is 3. The Balaban J connectivity index is 1.28. The summed E-state index contributed by atoms with van der Waals surface area (Å²) in [7, 11) is 1.59. The van der Waals surface area contributed by atoms with Gasteiger partial charge in [-0.2, -0.15) is 0 Å². The molecule has 4 N–H and O–H groups in total. The van der Waals surface area contributed by atoms with Crippen molar-refractivity contribution in [2.45, 2.75) is 25.6 Å². The summed E-state index contributed by atoms with van der Waals surface area (Å²) < 4.78 is 5.65. The van der Waals surface area contributed by atoms with Crippen molar-refractivity contribution in [2.24, 2.45) is 0 Å². The second-order valence-corrected chi connectivity index (χ2v) is 8.66. The predicted molar refractivity (Wildman–Crippen MR) is 132 cm³/mol. The highest BCUT2D eigenvalue weighted by atomic mass is 16.3. The first-order chi connectivity index (χ1) is 17.1. The number of aromatic amines is 2. The molecule has 9 nitrogen and oxygen atoms in total. The third kappa shape index (κ3) is 3.61. The van der Waals surface area contributed by atoms with Crippen LogP contribution < -0.4 is 10.6 Å². The summed E-state index contributed by atoms with van der Waals surface area (Å²) in [6.07, 6.45) is 3.60. The lowest BCUT2D eigenvalue weighted by atomic mass is 9.95. The van der Waals surface area contributed by atoms with Gasteiger partial charge in [0.05, 0.1) is 30.2 Å². The molecule has 0 unspecified atom stereocenters. The number of hydrogen-bond acceptors (Lipinski definition) is 5. The molecule has 176 valence electrons. The van der Waals surface area contributed by atoms with E-state index in [1.165, 1.54) is 6.26 Å². The Hall–Kier alpha value is -4.53. The first-order valence-corrected chi connectivity index (χ1v) is 11.5. The van der Waals surface area contributed by atoms with E-state index >= 15 is 0 Å². The number of carbonyl (C=O) groups excluding carboxylic acids is 2. The molecule has 0 aliphatic carbocycles. The van der Waals surface area contributed by atoms with E-state index in [2.05, 4.69) is 25.6 Å². The number of para-hydroxylation sites is 1. The molecule has 0 bridgehead atoms. The number of H-pyrrole nitrogens is 2. The van der Waals surface area contributed by atoms with Gasteiger partial charge < -0.3 is 29.9 Å². The van der Waals surface area contributed by atoms with Crippen LogP contribution in [0.25, 0.3) is 21.9 Å². The first-order valence-electron chi connectivity index (χ1n) is 11.5. The zero-order valence-electron chi connectivity index (χ0n) is 19.1. The molecule has 6 rings (SSSR count). The topological polar surface area (TPSA) is 119 Å². The number of anilines is 1. The number of furan rings is 1. The number of likely N-dealkylation sites (N-methyl/N-ethyl adjacent to an activating group) is 1. The van der Waals surface area contributed by atoms with Gasteiger partial charge in [-0.1, -0.05) is 18.2 Å². The lowest BCUT2D eigenvalue weighted by Gasteiger charge is -2.34. The number of nitrogens with one attached hydrogen (secondary N) is 4. The first kappa shape index (κ1) is 21.0. The highest BCUT2D eigenvalue weighted by molar-refractivity contribution is 5.98. The number of nitrogens with zero attached hydrogens (tertiary/aromatic N) is 2. The summed E-state index contributed by atoms with van der Waals surface area (Å²) in [5, 5.41) is 7.14. The SMILES string of the molecule is CNC(=O)[C@H]1Cc2c([nH]c3ccccc23)CN1C(=O)c1occc1CNc1ccc2nc[nH]c2c1. The molecule has 1 aliphatic rings. The van der Waals surface area contributed by atoms with Crippen molar-refractivity contribution in [1.29, 1.82) is 0 Å². The number of rotatable bonds is 5. The van der Waals surface area contributed by atoms with Crippen molar-refractivity contribution in [3.8, 4) is 0 Å². The van der Waals surface area contributed by atoms with E-state index in [1.54, 1.807) is 24.3 Å². The van der Waals surface area contributed by atoms with Crippen molar-refractivity contribution in [1.82, 2.24) is 25.2 Å². The highest BCUT2D eigenvalue weighted by Crippen LogP contribution is 2.32. The van der Waals surface area contributed by atoms with E-state index < -0.39 is 6.04 Å². The summed E-state index contributed by atoms with van der Waals surface area (Å²) in [6, 6.07) is 15.0. The third-order valence-electron chi connectivity index (χ3n) is 6.66. The Morgan fingerprint density at radius 2 is 2.06 bits per heavy atom. The third-order valence-corrected chi connectivity index (χ3v) is 6.66. The van der Waals surface area contributed by atoms with Gasteiger partial charge in [-0.05, 0) is 35.9 Å². The van der Waals surface area contributed by atoms with Crippen molar-refractivity contribution in [2.75, 3.05) is 12.4 Å². The molecule has 4 heterocycles. The number of hydrogen-bond donors (Lipinski definition) is 4. The van der Waals surface area contributed by atoms with Gasteiger partial charge in [0.2, 0.25) is 5.91 Å². The van der Waals surface area contributed by atoms with Crippen LogP contribution in [0.5, 0.6) is 0 Å². The maximum atomic E-state index is 13.7. The van der Waals surface area contributed by atoms with Crippen LogP contribution in [-0.4, -0.2) is 44.8 Å². The molecule has 0 saturated heterocycles. The standard InChI is InChI=1S/C26H24N6O3/c1-27-25(33)23-11-18-17-4-2-3-5-19(17)31-22(18)13-32(23)26(34)24-15(8-9-35-24)12-28-16-6-7-20-21(10-16)30-14-29-20/h2-10,14,23,28,31H,11-13H2,1H3,(H,27,33)(H,29,30)/t23-/m1/s1. The number of fused-ring (bicyclic) bond motifs is 4. The molecule has 0 spiro atoms. The van der Waals surface area contributed by atoms with Crippen LogP contribution in [0, 0.1) is 0 Å². The molecule has 0 saturated carbocycles. The van der Waals surface area contributed by atoms with Crippen LogP contribution in [-0.2, 0) is 24.3 Å². The fourth-order valence-corrected chi connectivity index (χ4v) is 4.86. The van der Waals surface area contributed by atoms with E-state index in [1.807, 2.05) is 42.5 Å². The average molecular weight is 469 g/mol. The predicted octanol–water partition coefficient (Wildman–Crippen LogP) is 3.56. The summed E-state index contributed by atoms with van der Waals surface area (Å²) in [4.78, 5) is 38.9. The van der Waals surface area contributed by atoms with E-state index in [0.717, 1.165) is 44.4 Å². The van der Waals surface area contributed by atoms with Crippen molar-refractivity contribution in [3.63, 3.8) is 0 Å². The highest BCUT2D eigenvalue weighted by Gasteiger charge is 2.38. The number of benzene rings is 2. The van der Waals surface area contributed by atoms with E-state index in [0.29, 0.717) is 19.5 Å². The summed E-state index contributed by atoms with van der Waals surface area (Å²) in [5.74, 6) is -0.282. The van der Waals surface area contributed by atoms with Gasteiger partial charge in [0.15, 0.2) is 5.76 Å². The van der Waals surface area contributed by atoms with Gasteiger partial charge in [0, 0.05) is 47.9 Å². The second-order valence-electron chi connectivity index (χ2n) is 8.66. The van der Waals surface area contributed by atoms with E-state index in [9.17, 15) is 9.59 Å². The second kappa shape index (κ2) is 8.35. The van der Waals surface area contributed by atoms with Gasteiger partial charge in [0.1, 0.15) is 6.04 Å². The molecule has 5 aromatic rings. The van der Waals surface area contributed by atoms with E-state index in [4.69, 9.17) is 4.42 Å². The molecular weight excluding hydrogens is 444 g/mol. The Labute approximate surface area is 200 Å². The quantitative estimate of drug-likeness (QED) is 0.315. The smallest absolute Gasteiger partial charge is 0.290 e. The summed E-state index contributed by atoms with van der Waals surface area (Å²) >= 11 is 0. The molecule has 3 aromatic heterocycles. The summed E-state index contributed by atoms with van der Waals surface area (Å²) in [6.45, 7) is 0.693. The van der Waals surface area contributed by atoms with Gasteiger partial charge in [0.25, 0.3) is 5.91 Å². The van der Waals surface area contributed by atoms with Gasteiger partial charge in [-0.3, -0.25) is 9.59 Å². The lowest BCUT2D eigenvalue weighted by Crippen LogP contribution is -2.52. The average Bonchev–Trinajstić information content (AvgIpc) is 3.63. The van der Waals surface area contributed by atoms with Gasteiger partial charge in [-0.25, -0.2) is 4.98 Å². The molecule has 0 fully saturated rings. The minimum absolute atomic E-state index is 0.201. The number of imidazole rings is 1. The Morgan fingerprint density at radius 1 is 1.17 bits per heavy atom. The Bertz CT molecular complexity index is 1560. The monoisotopic (exact) mass is 468 g/mol. The van der Waals surface area contributed by atoms with Crippen LogP contribution >= 0.6 is 0 Å². The molecule has 0 radical (unpaired) electrons. The number of carbonyl (C=O) groups is 2. The van der Waals surface area contributed by atoms with Crippen LogP contribution in [0.15, 0.2) is 65.5 Å². The maximum Gasteiger partial charge on any atom is 0.290 e. The Morgan fingerprint density at radius 3 is 2.94 bits per heavy atom. The fourth-order valence-electron chi connectivity index (χ4n) is 4.86. The lowest BCUT2D eigenvalue weighted by molar-refractivity contribution is -0.125. The van der Waals surface area contributed by atoms with Gasteiger partial charge in [-0.15, -0.1) is 0 Å². The van der Waals surface area contributed by atoms with Crippen LogP contribution in [0.1, 0.15) is 27.4 Å². The van der Waals surface area contributed by atoms with Crippen molar-refractivity contribution < 1.29 is 14.0 Å². The Kier molecular flexibility index (Phi) is 5.02. The molecule has 2 aromatic carbocycles. The zero-order valence-corrected chi connectivity index (χ0v) is 19.1. The maximum absolute atomic E-state index is 13.7. The minimum atomic E-state index is -0.632. The van der Waals surface area contributed by atoms with Crippen LogP contribution in [0.3, 0.4) is 0 Å². The van der Waals surface area contributed by atoms with Crippen molar-refractivity contribution >= 4 is 39.4 Å². The molecule has 2 amide bonds. The summed E-state index contributed by atoms with van der Waals surface area (Å²) in [5.41, 5.74) is 6.45. The normalized spacial score (nSPS) is 15.3. The van der Waals surface area contributed by atoms with Crippen molar-refractivity contribution in [3.05, 3.63) is 83.7 Å². The molecule has 35 heavy (non-hydrogen) atoms. The molecule has 9 heteroatoms. The molecule has 1 aliphatic heterocycles. The van der Waals surface area contributed by atoms with E-state index in [-0.39, 0.29) is 17.6 Å². The molecule has 1 atom stereocenters. The zero-order chi connectivity index (χ0) is 23.9. The largest absolute Gasteiger partial charge is 0.459 e. The minimum Gasteiger partial charge on any atom is -0.459 e. The van der Waals surface area contributed by atoms with Crippen LogP contribution in [0.4, 0.5) is 5.69 Å². The van der Waals surface area contributed by atoms with Gasteiger partial charge >= 0.3 is 0 Å². The molecular formula is C26H24N6O3. The number of amides is 2. The van der Waals surface area contributed by atoms with Crippen LogP contribution in [0.2, 0.25) is 0 Å². The fraction of sp³-hybridized carbons (Fsp3) is 0.192.